The van der Waals surface area contributed by atoms with Crippen molar-refractivity contribution in [1.29, 1.82) is 0 Å². The van der Waals surface area contributed by atoms with Gasteiger partial charge in [-0.15, -0.1) is 0 Å². The topological polar surface area (TPSA) is 124 Å². The zero-order valence-corrected chi connectivity index (χ0v) is 15.7. The Morgan fingerprint density at radius 3 is 3.07 bits per heavy atom. The second-order valence-corrected chi connectivity index (χ2v) is 8.18. The lowest BCUT2D eigenvalue weighted by molar-refractivity contribution is -0.0227. The van der Waals surface area contributed by atoms with E-state index in [4.69, 9.17) is 24.0 Å². The fourth-order valence-electron chi connectivity index (χ4n) is 3.34. The minimum Gasteiger partial charge on any atom is -0.404 e. The Labute approximate surface area is 160 Å². The summed E-state index contributed by atoms with van der Waals surface area (Å²) in [5, 5.41) is 0. The molecule has 0 spiro atoms. The van der Waals surface area contributed by atoms with Crippen molar-refractivity contribution in [3.05, 3.63) is 42.5 Å². The standard InChI is InChI=1S/C17H18N5O5P/c18-16-15-17(20-9-19-16)22(10-21-15)14-6-5-12(26-14)8-25-28(23)24-7-11-3-1-2-4-13(11)27-28/h1-4,9-10,12,14H,5-8H2,(H2,18,19,20)/t12-,14+,28?/m0/s1. The molecule has 0 saturated carbocycles. The van der Waals surface area contributed by atoms with Crippen LogP contribution in [-0.2, 0) is 25.0 Å². The number of phosphoric acid groups is 1. The third-order valence-corrected chi connectivity index (χ3v) is 6.09. The highest BCUT2D eigenvalue weighted by molar-refractivity contribution is 7.49. The molecule has 2 aromatic heterocycles. The van der Waals surface area contributed by atoms with Crippen LogP contribution in [0.15, 0.2) is 36.9 Å². The molecule has 2 N–H and O–H groups in total. The highest BCUT2D eigenvalue weighted by Gasteiger charge is 2.37. The number of para-hydroxylation sites is 1. The zero-order valence-electron chi connectivity index (χ0n) is 14.8. The first kappa shape index (κ1) is 17.6. The Kier molecular flexibility index (Phi) is 4.28. The van der Waals surface area contributed by atoms with Crippen molar-refractivity contribution in [3.8, 4) is 5.75 Å². The summed E-state index contributed by atoms with van der Waals surface area (Å²) in [7, 11) is -3.66. The first-order chi connectivity index (χ1) is 13.6. The molecule has 28 heavy (non-hydrogen) atoms. The molecular weight excluding hydrogens is 385 g/mol. The van der Waals surface area contributed by atoms with Gasteiger partial charge < -0.3 is 15.0 Å². The van der Waals surface area contributed by atoms with Crippen molar-refractivity contribution in [2.24, 2.45) is 0 Å². The van der Waals surface area contributed by atoms with Crippen LogP contribution in [0.2, 0.25) is 0 Å². The van der Waals surface area contributed by atoms with Gasteiger partial charge in [-0.05, 0) is 18.9 Å². The number of hydrogen-bond donors (Lipinski definition) is 1. The summed E-state index contributed by atoms with van der Waals surface area (Å²) in [5.41, 5.74) is 7.82. The lowest BCUT2D eigenvalue weighted by Crippen LogP contribution is -2.18. The van der Waals surface area contributed by atoms with Gasteiger partial charge >= 0.3 is 7.82 Å². The van der Waals surface area contributed by atoms with Crippen molar-refractivity contribution < 1.29 is 22.9 Å². The third-order valence-electron chi connectivity index (χ3n) is 4.76. The van der Waals surface area contributed by atoms with E-state index in [9.17, 15) is 4.57 Å². The maximum atomic E-state index is 12.7. The van der Waals surface area contributed by atoms with Gasteiger partial charge in [-0.2, -0.15) is 0 Å². The van der Waals surface area contributed by atoms with Gasteiger partial charge in [0, 0.05) is 5.56 Å². The van der Waals surface area contributed by atoms with Gasteiger partial charge in [-0.3, -0.25) is 13.6 Å². The minimum atomic E-state index is -3.66. The summed E-state index contributed by atoms with van der Waals surface area (Å²) in [4.78, 5) is 12.4. The van der Waals surface area contributed by atoms with E-state index in [0.29, 0.717) is 22.7 Å². The van der Waals surface area contributed by atoms with Crippen molar-refractivity contribution in [3.63, 3.8) is 0 Å². The Hall–Kier alpha value is -2.52. The third kappa shape index (κ3) is 3.14. The average molecular weight is 403 g/mol. The van der Waals surface area contributed by atoms with Crippen LogP contribution >= 0.6 is 7.82 Å². The number of anilines is 1. The lowest BCUT2D eigenvalue weighted by Gasteiger charge is -2.25. The quantitative estimate of drug-likeness (QED) is 0.655. The second kappa shape index (κ2) is 6.82. The molecular formula is C17H18N5O5P. The first-order valence-electron chi connectivity index (χ1n) is 8.86. The molecule has 3 aromatic rings. The van der Waals surface area contributed by atoms with Crippen LogP contribution in [0, 0.1) is 0 Å². The summed E-state index contributed by atoms with van der Waals surface area (Å²) in [6.07, 6.45) is 3.97. The minimum absolute atomic E-state index is 0.0969. The van der Waals surface area contributed by atoms with E-state index in [1.54, 1.807) is 12.4 Å². The number of ether oxygens (including phenoxy) is 1. The van der Waals surface area contributed by atoms with Crippen LogP contribution in [0.1, 0.15) is 24.6 Å². The molecule has 0 aliphatic carbocycles. The van der Waals surface area contributed by atoms with Crippen molar-refractivity contribution in [2.75, 3.05) is 12.3 Å². The number of benzene rings is 1. The Bertz CT molecular complexity index is 1070. The molecule has 3 atom stereocenters. The molecule has 5 rings (SSSR count). The summed E-state index contributed by atoms with van der Waals surface area (Å²) >= 11 is 0. The molecule has 146 valence electrons. The number of fused-ring (bicyclic) bond motifs is 2. The van der Waals surface area contributed by atoms with Gasteiger partial charge in [-0.1, -0.05) is 18.2 Å². The summed E-state index contributed by atoms with van der Waals surface area (Å²) in [5.74, 6) is 0.844. The van der Waals surface area contributed by atoms with Crippen molar-refractivity contribution >= 4 is 24.8 Å². The number of hydrogen-bond acceptors (Lipinski definition) is 9. The Morgan fingerprint density at radius 1 is 1.25 bits per heavy atom. The molecule has 1 unspecified atom stereocenters. The molecule has 11 heteroatoms. The predicted octanol–water partition coefficient (Wildman–Crippen LogP) is 2.82. The lowest BCUT2D eigenvalue weighted by atomic mass is 10.2. The van der Waals surface area contributed by atoms with Crippen molar-refractivity contribution in [1.82, 2.24) is 19.5 Å². The molecule has 2 aliphatic rings. The number of nitrogens with two attached hydrogens (primary N) is 1. The summed E-state index contributed by atoms with van der Waals surface area (Å²) in [6.45, 7) is 0.281. The van der Waals surface area contributed by atoms with Crippen LogP contribution in [0.5, 0.6) is 5.75 Å². The maximum absolute atomic E-state index is 12.7. The maximum Gasteiger partial charge on any atom is 0.530 e. The number of imidazole rings is 1. The first-order valence-corrected chi connectivity index (χ1v) is 10.3. The van der Waals surface area contributed by atoms with Gasteiger partial charge in [0.25, 0.3) is 0 Å². The fraction of sp³-hybridized carbons (Fsp3) is 0.353. The highest BCUT2D eigenvalue weighted by Crippen LogP contribution is 2.54. The fourth-order valence-corrected chi connectivity index (χ4v) is 4.59. The molecule has 0 amide bonds. The van der Waals surface area contributed by atoms with Crippen LogP contribution in [-0.4, -0.2) is 32.2 Å². The SMILES string of the molecule is Nc1ncnc2c1ncn2[C@H]1CC[C@@H](COP2(=O)OCc3ccccc3O2)O1. The number of aromatic nitrogens is 4. The van der Waals surface area contributed by atoms with Gasteiger partial charge in [0.1, 0.15) is 23.8 Å². The Morgan fingerprint density at radius 2 is 2.14 bits per heavy atom. The number of nitrogen functional groups attached to an aromatic ring is 1. The van der Waals surface area contributed by atoms with Gasteiger partial charge in [0.2, 0.25) is 0 Å². The van der Waals surface area contributed by atoms with Crippen LogP contribution < -0.4 is 10.3 Å². The summed E-state index contributed by atoms with van der Waals surface area (Å²) in [6, 6.07) is 7.28. The largest absolute Gasteiger partial charge is 0.530 e. The molecule has 1 aromatic carbocycles. The predicted molar refractivity (Wildman–Crippen MR) is 98.3 cm³/mol. The molecule has 1 fully saturated rings. The van der Waals surface area contributed by atoms with Crippen LogP contribution in [0.25, 0.3) is 11.2 Å². The summed E-state index contributed by atoms with van der Waals surface area (Å²) < 4.78 is 36.8. The van der Waals surface area contributed by atoms with E-state index >= 15 is 0 Å². The van der Waals surface area contributed by atoms with Crippen LogP contribution in [0.3, 0.4) is 0 Å². The molecule has 2 aliphatic heterocycles. The van der Waals surface area contributed by atoms with E-state index in [1.165, 1.54) is 6.33 Å². The number of nitrogens with zero attached hydrogens (tertiary/aromatic N) is 4. The van der Waals surface area contributed by atoms with E-state index in [2.05, 4.69) is 15.0 Å². The normalized spacial score (nSPS) is 26.9. The van der Waals surface area contributed by atoms with Crippen LogP contribution in [0.4, 0.5) is 5.82 Å². The van der Waals surface area contributed by atoms with E-state index in [1.807, 2.05) is 22.8 Å². The number of phosphoric ester groups is 1. The highest BCUT2D eigenvalue weighted by atomic mass is 31.2. The second-order valence-electron chi connectivity index (χ2n) is 6.59. The van der Waals surface area contributed by atoms with E-state index < -0.39 is 7.82 Å². The average Bonchev–Trinajstić information content (AvgIpc) is 3.34. The Balaban J connectivity index is 1.24. The monoisotopic (exact) mass is 403 g/mol. The van der Waals surface area contributed by atoms with Gasteiger partial charge in [0.15, 0.2) is 11.5 Å². The van der Waals surface area contributed by atoms with E-state index in [0.717, 1.165) is 18.4 Å². The van der Waals surface area contributed by atoms with Gasteiger partial charge in [0.05, 0.1) is 25.6 Å². The van der Waals surface area contributed by atoms with Crippen molar-refractivity contribution in [2.45, 2.75) is 31.8 Å². The molecule has 0 bridgehead atoms. The van der Waals surface area contributed by atoms with E-state index in [-0.39, 0.29) is 25.5 Å². The molecule has 4 heterocycles. The zero-order chi connectivity index (χ0) is 19.1. The molecule has 0 radical (unpaired) electrons. The number of rotatable bonds is 4. The molecule has 1 saturated heterocycles. The van der Waals surface area contributed by atoms with Gasteiger partial charge in [-0.25, -0.2) is 19.5 Å². The molecule has 10 nitrogen and oxygen atoms in total. The smallest absolute Gasteiger partial charge is 0.404 e.